The first-order valence-corrected chi connectivity index (χ1v) is 8.59. The van der Waals surface area contributed by atoms with Crippen molar-refractivity contribution in [2.24, 2.45) is 11.3 Å². The van der Waals surface area contributed by atoms with Crippen molar-refractivity contribution in [2.45, 2.75) is 39.2 Å². The number of rotatable bonds is 5. The molecular formula is C19H21NO5. The Balaban J connectivity index is 1.89. The van der Waals surface area contributed by atoms with Crippen LogP contribution in [0.4, 0.5) is 0 Å². The minimum Gasteiger partial charge on any atom is -0.465 e. The minimum atomic E-state index is -1.49. The maximum absolute atomic E-state index is 12.9. The fraction of sp³-hybridized carbons (Fsp3) is 0.474. The second kappa shape index (κ2) is 6.78. The number of amides is 2. The van der Waals surface area contributed by atoms with E-state index in [-0.39, 0.29) is 44.1 Å². The van der Waals surface area contributed by atoms with E-state index in [9.17, 15) is 19.2 Å². The lowest BCUT2D eigenvalue weighted by Gasteiger charge is -2.29. The summed E-state index contributed by atoms with van der Waals surface area (Å²) in [5.74, 6) is -2.68. The molecule has 1 saturated carbocycles. The number of likely N-dealkylation sites (tertiary alicyclic amines) is 1. The molecule has 2 aliphatic rings. The molecule has 1 aromatic carbocycles. The lowest BCUT2D eigenvalue weighted by molar-refractivity contribution is -0.165. The predicted molar refractivity (Wildman–Crippen MR) is 88.0 cm³/mol. The number of carbonyl (C=O) groups excluding carboxylic acids is 4. The first-order valence-electron chi connectivity index (χ1n) is 8.59. The van der Waals surface area contributed by atoms with Crippen LogP contribution in [0.2, 0.25) is 0 Å². The number of nitrogens with zero attached hydrogens (tertiary/aromatic N) is 1. The number of esters is 1. The number of carbonyl (C=O) groups is 4. The quantitative estimate of drug-likeness (QED) is 0.463. The van der Waals surface area contributed by atoms with Gasteiger partial charge < -0.3 is 4.74 Å². The molecule has 1 saturated heterocycles. The zero-order valence-corrected chi connectivity index (χ0v) is 14.2. The van der Waals surface area contributed by atoms with Gasteiger partial charge in [0.15, 0.2) is 5.78 Å². The Morgan fingerprint density at radius 1 is 1.24 bits per heavy atom. The fourth-order valence-corrected chi connectivity index (χ4v) is 3.88. The van der Waals surface area contributed by atoms with E-state index in [0.29, 0.717) is 6.42 Å². The molecule has 0 bridgehead atoms. The molecule has 1 aromatic rings. The Bertz CT molecular complexity index is 714. The minimum absolute atomic E-state index is 0.115. The van der Waals surface area contributed by atoms with Crippen LogP contribution in [0.25, 0.3) is 0 Å². The van der Waals surface area contributed by atoms with Crippen LogP contribution in [0.1, 0.15) is 38.2 Å². The monoisotopic (exact) mass is 343 g/mol. The van der Waals surface area contributed by atoms with E-state index < -0.39 is 23.2 Å². The second-order valence-electron chi connectivity index (χ2n) is 6.53. The van der Waals surface area contributed by atoms with E-state index in [0.717, 1.165) is 10.5 Å². The summed E-state index contributed by atoms with van der Waals surface area (Å²) in [6, 6.07) is 9.18. The molecule has 1 heterocycles. The molecule has 6 heteroatoms. The van der Waals surface area contributed by atoms with E-state index >= 15 is 0 Å². The van der Waals surface area contributed by atoms with Crippen molar-refractivity contribution in [2.75, 3.05) is 6.61 Å². The lowest BCUT2D eigenvalue weighted by atomic mass is 9.72. The molecule has 0 spiro atoms. The summed E-state index contributed by atoms with van der Waals surface area (Å²) in [6.07, 6.45) is 0.938. The van der Waals surface area contributed by atoms with Crippen LogP contribution in [0.5, 0.6) is 0 Å². The molecule has 2 amide bonds. The van der Waals surface area contributed by atoms with Crippen molar-refractivity contribution < 1.29 is 23.9 Å². The van der Waals surface area contributed by atoms with E-state index in [2.05, 4.69) is 0 Å². The standard InChI is InChI=1S/C19H21NO5/c1-2-25-18(24)19(10-6-9-15(19)21)14-11-16(22)20(17(14)23)12-13-7-4-3-5-8-13/h3-5,7-8,14H,2,6,9-12H2,1H3/t14?,19-/m1/s1. The molecular weight excluding hydrogens is 322 g/mol. The Morgan fingerprint density at radius 2 is 1.96 bits per heavy atom. The largest absolute Gasteiger partial charge is 0.465 e. The van der Waals surface area contributed by atoms with Crippen molar-refractivity contribution in [3.63, 3.8) is 0 Å². The average molecular weight is 343 g/mol. The van der Waals surface area contributed by atoms with Gasteiger partial charge in [-0.15, -0.1) is 0 Å². The summed E-state index contributed by atoms with van der Waals surface area (Å²) in [4.78, 5) is 51.6. The molecule has 2 fully saturated rings. The highest BCUT2D eigenvalue weighted by atomic mass is 16.5. The van der Waals surface area contributed by atoms with Crippen LogP contribution >= 0.6 is 0 Å². The SMILES string of the molecule is CCOC(=O)[C@@]1(C2CC(=O)N(Cc3ccccc3)C2=O)CCCC1=O. The highest BCUT2D eigenvalue weighted by Crippen LogP contribution is 2.47. The van der Waals surface area contributed by atoms with Gasteiger partial charge in [0.05, 0.1) is 19.1 Å². The van der Waals surface area contributed by atoms with Gasteiger partial charge in [0.2, 0.25) is 11.8 Å². The summed E-state index contributed by atoms with van der Waals surface area (Å²) in [5.41, 5.74) is -0.665. The third kappa shape index (κ3) is 2.86. The topological polar surface area (TPSA) is 80.8 Å². The van der Waals surface area contributed by atoms with E-state index in [1.54, 1.807) is 6.92 Å². The molecule has 0 aromatic heterocycles. The molecule has 132 valence electrons. The normalized spacial score (nSPS) is 26.4. The number of Topliss-reactive ketones (excluding diaryl/α,β-unsaturated/α-hetero) is 1. The van der Waals surface area contributed by atoms with Crippen LogP contribution in [-0.2, 0) is 30.5 Å². The van der Waals surface area contributed by atoms with Crippen LogP contribution < -0.4 is 0 Å². The zero-order valence-electron chi connectivity index (χ0n) is 14.2. The van der Waals surface area contributed by atoms with E-state index in [1.807, 2.05) is 30.3 Å². The zero-order chi connectivity index (χ0) is 18.0. The van der Waals surface area contributed by atoms with Crippen molar-refractivity contribution in [1.29, 1.82) is 0 Å². The van der Waals surface area contributed by atoms with E-state index in [1.165, 1.54) is 0 Å². The number of hydrogen-bond acceptors (Lipinski definition) is 5. The Hall–Kier alpha value is -2.50. The number of imide groups is 1. The van der Waals surface area contributed by atoms with Crippen LogP contribution in [0.3, 0.4) is 0 Å². The lowest BCUT2D eigenvalue weighted by Crippen LogP contribution is -2.47. The summed E-state index contributed by atoms with van der Waals surface area (Å²) in [5, 5.41) is 0. The highest BCUT2D eigenvalue weighted by molar-refractivity contribution is 6.14. The summed E-state index contributed by atoms with van der Waals surface area (Å²) < 4.78 is 5.11. The van der Waals surface area contributed by atoms with Gasteiger partial charge in [-0.25, -0.2) is 0 Å². The van der Waals surface area contributed by atoms with Gasteiger partial charge >= 0.3 is 5.97 Å². The number of hydrogen-bond donors (Lipinski definition) is 0. The first kappa shape index (κ1) is 17.3. The second-order valence-corrected chi connectivity index (χ2v) is 6.53. The predicted octanol–water partition coefficient (Wildman–Crippen LogP) is 1.86. The van der Waals surface area contributed by atoms with E-state index in [4.69, 9.17) is 4.74 Å². The Labute approximate surface area is 146 Å². The molecule has 0 N–H and O–H groups in total. The molecule has 1 unspecified atom stereocenters. The van der Waals surface area contributed by atoms with Gasteiger partial charge in [-0.3, -0.25) is 24.1 Å². The molecule has 1 aliphatic carbocycles. The summed E-state index contributed by atoms with van der Waals surface area (Å²) >= 11 is 0. The van der Waals surface area contributed by atoms with Crippen LogP contribution in [-0.4, -0.2) is 35.1 Å². The number of ketones is 1. The summed E-state index contributed by atoms with van der Waals surface area (Å²) in [7, 11) is 0. The van der Waals surface area contributed by atoms with Crippen molar-refractivity contribution in [3.05, 3.63) is 35.9 Å². The van der Waals surface area contributed by atoms with Gasteiger partial charge in [0.25, 0.3) is 0 Å². The Kier molecular flexibility index (Phi) is 4.70. The van der Waals surface area contributed by atoms with Gasteiger partial charge in [-0.1, -0.05) is 30.3 Å². The van der Waals surface area contributed by atoms with Gasteiger partial charge in [0.1, 0.15) is 5.41 Å². The number of ether oxygens (including phenoxy) is 1. The third-order valence-electron chi connectivity index (χ3n) is 5.13. The smallest absolute Gasteiger partial charge is 0.320 e. The highest BCUT2D eigenvalue weighted by Gasteiger charge is 2.61. The number of benzene rings is 1. The molecule has 25 heavy (non-hydrogen) atoms. The maximum atomic E-state index is 12.9. The Morgan fingerprint density at radius 3 is 2.56 bits per heavy atom. The van der Waals surface area contributed by atoms with Crippen molar-refractivity contribution in [3.8, 4) is 0 Å². The summed E-state index contributed by atoms with van der Waals surface area (Å²) in [6.45, 7) is 1.95. The van der Waals surface area contributed by atoms with Crippen LogP contribution in [0, 0.1) is 11.3 Å². The van der Waals surface area contributed by atoms with Gasteiger partial charge in [0, 0.05) is 12.8 Å². The molecule has 3 rings (SSSR count). The molecule has 1 aliphatic heterocycles. The maximum Gasteiger partial charge on any atom is 0.320 e. The first-order chi connectivity index (χ1) is 12.0. The fourth-order valence-electron chi connectivity index (χ4n) is 3.88. The van der Waals surface area contributed by atoms with Gasteiger partial charge in [-0.2, -0.15) is 0 Å². The van der Waals surface area contributed by atoms with Crippen LogP contribution in [0.15, 0.2) is 30.3 Å². The third-order valence-corrected chi connectivity index (χ3v) is 5.13. The molecule has 2 atom stereocenters. The van der Waals surface area contributed by atoms with Crippen molar-refractivity contribution >= 4 is 23.6 Å². The molecule has 6 nitrogen and oxygen atoms in total. The average Bonchev–Trinajstić information content (AvgIpc) is 3.12. The molecule has 0 radical (unpaired) electrons. The van der Waals surface area contributed by atoms with Crippen molar-refractivity contribution in [1.82, 2.24) is 4.90 Å². The van der Waals surface area contributed by atoms with Gasteiger partial charge in [-0.05, 0) is 25.3 Å².